The predicted octanol–water partition coefficient (Wildman–Crippen LogP) is 4.60. The van der Waals surface area contributed by atoms with E-state index in [0.29, 0.717) is 13.0 Å². The normalized spacial score (nSPS) is 13.3. The Labute approximate surface area is 149 Å². The van der Waals surface area contributed by atoms with E-state index in [2.05, 4.69) is 41.2 Å². The molecule has 3 nitrogen and oxygen atoms in total. The van der Waals surface area contributed by atoms with Gasteiger partial charge in [-0.2, -0.15) is 0 Å². The van der Waals surface area contributed by atoms with Gasteiger partial charge in [-0.25, -0.2) is 4.84 Å². The second-order valence-electron chi connectivity index (χ2n) is 5.96. The fourth-order valence-corrected chi connectivity index (χ4v) is 2.89. The standard InChI is InChI=1S/C20H24ClNO2/c1-3-24-20(23)15(2)13-19(22-21)14-16-9-11-18(12-10-16)17-7-5-4-6-8-17/h4-12,15,19,22H,3,13-14H2,1-2H3/t15-,19+/m1/s1. The van der Waals surface area contributed by atoms with E-state index in [4.69, 9.17) is 16.5 Å². The van der Waals surface area contributed by atoms with Crippen molar-refractivity contribution in [2.24, 2.45) is 5.92 Å². The van der Waals surface area contributed by atoms with Crippen molar-refractivity contribution in [3.8, 4) is 11.1 Å². The summed E-state index contributed by atoms with van der Waals surface area (Å²) in [6.07, 6.45) is 1.41. The van der Waals surface area contributed by atoms with Gasteiger partial charge in [0.05, 0.1) is 12.5 Å². The second-order valence-corrected chi connectivity index (χ2v) is 6.18. The lowest BCUT2D eigenvalue weighted by Crippen LogP contribution is -2.29. The van der Waals surface area contributed by atoms with E-state index in [-0.39, 0.29) is 17.9 Å². The van der Waals surface area contributed by atoms with E-state index < -0.39 is 0 Å². The van der Waals surface area contributed by atoms with Gasteiger partial charge in [0.25, 0.3) is 0 Å². The van der Waals surface area contributed by atoms with Crippen LogP contribution < -0.4 is 4.84 Å². The quantitative estimate of drug-likeness (QED) is 0.561. The smallest absolute Gasteiger partial charge is 0.308 e. The number of hydrogen-bond donors (Lipinski definition) is 1. The molecule has 0 radical (unpaired) electrons. The molecule has 4 heteroatoms. The van der Waals surface area contributed by atoms with Gasteiger partial charge in [-0.15, -0.1) is 0 Å². The SMILES string of the molecule is CCOC(=O)[C@H](C)C[C@@H](Cc1ccc(-c2ccccc2)cc1)NCl. The van der Waals surface area contributed by atoms with Crippen LogP contribution in [0.15, 0.2) is 54.6 Å². The third-order valence-electron chi connectivity index (χ3n) is 4.02. The summed E-state index contributed by atoms with van der Waals surface area (Å²) in [6.45, 7) is 4.09. The maximum atomic E-state index is 11.8. The van der Waals surface area contributed by atoms with Crippen LogP contribution in [0, 0.1) is 5.92 Å². The highest BCUT2D eigenvalue weighted by Gasteiger charge is 2.19. The first-order chi connectivity index (χ1) is 11.6. The van der Waals surface area contributed by atoms with E-state index in [1.54, 1.807) is 0 Å². The molecule has 0 aliphatic rings. The number of rotatable bonds is 8. The summed E-state index contributed by atoms with van der Waals surface area (Å²) in [4.78, 5) is 14.5. The van der Waals surface area contributed by atoms with Crippen molar-refractivity contribution in [1.29, 1.82) is 0 Å². The van der Waals surface area contributed by atoms with Crippen LogP contribution in [0.5, 0.6) is 0 Å². The zero-order valence-electron chi connectivity index (χ0n) is 14.2. The molecule has 0 unspecified atom stereocenters. The van der Waals surface area contributed by atoms with Crippen molar-refractivity contribution in [2.75, 3.05) is 6.61 Å². The molecule has 0 saturated heterocycles. The van der Waals surface area contributed by atoms with Crippen molar-refractivity contribution in [3.05, 3.63) is 60.2 Å². The summed E-state index contributed by atoms with van der Waals surface area (Å²) in [7, 11) is 0. The maximum absolute atomic E-state index is 11.8. The van der Waals surface area contributed by atoms with Gasteiger partial charge in [-0.1, -0.05) is 61.5 Å². The predicted molar refractivity (Wildman–Crippen MR) is 98.8 cm³/mol. The summed E-state index contributed by atoms with van der Waals surface area (Å²) >= 11 is 5.87. The third kappa shape index (κ3) is 5.36. The van der Waals surface area contributed by atoms with E-state index in [9.17, 15) is 4.79 Å². The highest BCUT2D eigenvalue weighted by molar-refractivity contribution is 6.13. The van der Waals surface area contributed by atoms with Crippen LogP contribution in [-0.2, 0) is 16.0 Å². The molecule has 0 aromatic heterocycles. The molecular formula is C20H24ClNO2. The highest BCUT2D eigenvalue weighted by Crippen LogP contribution is 2.20. The fourth-order valence-electron chi connectivity index (χ4n) is 2.72. The van der Waals surface area contributed by atoms with E-state index in [0.717, 1.165) is 6.42 Å². The van der Waals surface area contributed by atoms with Crippen molar-refractivity contribution in [2.45, 2.75) is 32.7 Å². The Bertz CT molecular complexity index is 628. The lowest BCUT2D eigenvalue weighted by Gasteiger charge is -2.18. The van der Waals surface area contributed by atoms with Crippen LogP contribution >= 0.6 is 11.8 Å². The van der Waals surface area contributed by atoms with Gasteiger partial charge in [0, 0.05) is 6.04 Å². The average Bonchev–Trinajstić information content (AvgIpc) is 2.62. The van der Waals surface area contributed by atoms with Gasteiger partial charge in [0.15, 0.2) is 0 Å². The van der Waals surface area contributed by atoms with Gasteiger partial charge in [0.2, 0.25) is 0 Å². The summed E-state index contributed by atoms with van der Waals surface area (Å²) in [5, 5.41) is 0. The molecule has 2 atom stereocenters. The average molecular weight is 346 g/mol. The van der Waals surface area contributed by atoms with E-state index >= 15 is 0 Å². The molecule has 128 valence electrons. The van der Waals surface area contributed by atoms with Gasteiger partial charge in [0.1, 0.15) is 0 Å². The van der Waals surface area contributed by atoms with Crippen molar-refractivity contribution in [3.63, 3.8) is 0 Å². The highest BCUT2D eigenvalue weighted by atomic mass is 35.5. The molecule has 0 aliphatic carbocycles. The molecular weight excluding hydrogens is 322 g/mol. The van der Waals surface area contributed by atoms with Crippen LogP contribution in [0.3, 0.4) is 0 Å². The molecule has 2 aromatic carbocycles. The first-order valence-electron chi connectivity index (χ1n) is 8.31. The van der Waals surface area contributed by atoms with Gasteiger partial charge < -0.3 is 4.74 Å². The molecule has 0 amide bonds. The minimum absolute atomic E-state index is 0.0219. The fraction of sp³-hybridized carbons (Fsp3) is 0.350. The largest absolute Gasteiger partial charge is 0.466 e. The number of esters is 1. The molecule has 0 fully saturated rings. The Morgan fingerprint density at radius 1 is 1.08 bits per heavy atom. The van der Waals surface area contributed by atoms with Crippen LogP contribution in [0.2, 0.25) is 0 Å². The van der Waals surface area contributed by atoms with Crippen LogP contribution in [-0.4, -0.2) is 18.6 Å². The molecule has 0 spiro atoms. The number of carbonyl (C=O) groups is 1. The van der Waals surface area contributed by atoms with Gasteiger partial charge >= 0.3 is 5.97 Å². The molecule has 0 bridgehead atoms. The molecule has 0 heterocycles. The maximum Gasteiger partial charge on any atom is 0.308 e. The summed E-state index contributed by atoms with van der Waals surface area (Å²) in [5.41, 5.74) is 3.57. The van der Waals surface area contributed by atoms with Crippen molar-refractivity contribution < 1.29 is 9.53 Å². The third-order valence-corrected chi connectivity index (χ3v) is 4.33. The van der Waals surface area contributed by atoms with E-state index in [1.165, 1.54) is 16.7 Å². The lowest BCUT2D eigenvalue weighted by atomic mass is 9.95. The first-order valence-corrected chi connectivity index (χ1v) is 8.69. The minimum atomic E-state index is -0.176. The molecule has 1 N–H and O–H groups in total. The van der Waals surface area contributed by atoms with Gasteiger partial charge in [-0.05, 0) is 48.2 Å². The Morgan fingerprint density at radius 3 is 2.29 bits per heavy atom. The Hall–Kier alpha value is -1.84. The Balaban J connectivity index is 1.97. The molecule has 0 aliphatic heterocycles. The Kier molecular flexibility index (Phi) is 7.29. The van der Waals surface area contributed by atoms with Crippen LogP contribution in [0.25, 0.3) is 11.1 Å². The zero-order chi connectivity index (χ0) is 17.4. The van der Waals surface area contributed by atoms with Gasteiger partial charge in [-0.3, -0.25) is 4.79 Å². The molecule has 2 rings (SSSR count). The summed E-state index contributed by atoms with van der Waals surface area (Å²) in [6, 6.07) is 18.7. The zero-order valence-corrected chi connectivity index (χ0v) is 14.9. The number of carbonyl (C=O) groups excluding carboxylic acids is 1. The number of halogens is 1. The van der Waals surface area contributed by atoms with Crippen molar-refractivity contribution in [1.82, 2.24) is 4.84 Å². The number of ether oxygens (including phenoxy) is 1. The topological polar surface area (TPSA) is 38.3 Å². The second kappa shape index (κ2) is 9.45. The monoisotopic (exact) mass is 345 g/mol. The number of hydrogen-bond acceptors (Lipinski definition) is 3. The summed E-state index contributed by atoms with van der Waals surface area (Å²) < 4.78 is 5.05. The number of nitrogens with one attached hydrogen (secondary N) is 1. The van der Waals surface area contributed by atoms with Crippen molar-refractivity contribution >= 4 is 17.7 Å². The Morgan fingerprint density at radius 2 is 1.71 bits per heavy atom. The summed E-state index contributed by atoms with van der Waals surface area (Å²) in [5.74, 6) is -0.348. The van der Waals surface area contributed by atoms with E-state index in [1.807, 2.05) is 32.0 Å². The lowest BCUT2D eigenvalue weighted by molar-refractivity contribution is -0.147. The molecule has 0 saturated carbocycles. The number of benzene rings is 2. The van der Waals surface area contributed by atoms with Crippen LogP contribution in [0.4, 0.5) is 0 Å². The first kappa shape index (κ1) is 18.5. The minimum Gasteiger partial charge on any atom is -0.466 e. The molecule has 24 heavy (non-hydrogen) atoms. The van der Waals surface area contributed by atoms with Crippen LogP contribution in [0.1, 0.15) is 25.8 Å². The molecule has 2 aromatic rings.